The average molecular weight is 706 g/mol. The molecule has 270 valence electrons. The van der Waals surface area contributed by atoms with E-state index in [9.17, 15) is 40.5 Å². The molecular weight excluding hydrogens is 662 g/mol. The van der Waals surface area contributed by atoms with Crippen LogP contribution in [-0.4, -0.2) is 165 Å². The van der Waals surface area contributed by atoms with Gasteiger partial charge in [-0.15, -0.1) is 11.3 Å². The van der Waals surface area contributed by atoms with E-state index in [1.54, 1.807) is 17.5 Å². The van der Waals surface area contributed by atoms with Gasteiger partial charge >= 0.3 is 0 Å². The molecule has 1 aromatic rings. The number of ether oxygens (including phenoxy) is 4. The van der Waals surface area contributed by atoms with Crippen molar-refractivity contribution < 1.29 is 59.5 Å². The third kappa shape index (κ3) is 7.70. The lowest BCUT2D eigenvalue weighted by Gasteiger charge is -2.45. The zero-order valence-corrected chi connectivity index (χ0v) is 26.6. The Balaban J connectivity index is 1.71. The summed E-state index contributed by atoms with van der Waals surface area (Å²) in [5, 5.41) is 84.3. The average Bonchev–Trinajstić information content (AvgIpc) is 3.65. The number of nitrogens with zero attached hydrogens (tertiary/aromatic N) is 3. The number of carbonyl (C=O) groups is 1. The number of rotatable bonds is 11. The zero-order chi connectivity index (χ0) is 35.5. The maximum atomic E-state index is 12.5. The summed E-state index contributed by atoms with van der Waals surface area (Å²) in [5.74, 6) is -1.63. The van der Waals surface area contributed by atoms with Crippen LogP contribution in [0.15, 0.2) is 32.6 Å². The fourth-order valence-electron chi connectivity index (χ4n) is 5.75. The number of hydrogen-bond acceptors (Lipinski definition) is 17. The van der Waals surface area contributed by atoms with E-state index in [1.807, 2.05) is 0 Å². The van der Waals surface area contributed by atoms with Crippen LogP contribution in [0.1, 0.15) is 16.6 Å². The van der Waals surface area contributed by atoms with Crippen LogP contribution in [0.2, 0.25) is 0 Å². The number of amides is 1. The molecular formula is C26H43N9O12S. The number of aliphatic hydroxyl groups excluding tert-OH is 6. The minimum Gasteiger partial charge on any atom is -0.394 e. The number of thiophene rings is 1. The first-order chi connectivity index (χ1) is 22.6. The first-order valence-corrected chi connectivity index (χ1v) is 15.6. The first-order valence-electron chi connectivity index (χ1n) is 14.7. The van der Waals surface area contributed by atoms with Gasteiger partial charge in [-0.1, -0.05) is 6.07 Å². The first kappa shape index (κ1) is 37.7. The van der Waals surface area contributed by atoms with E-state index in [-0.39, 0.29) is 0 Å². The smallest absolute Gasteiger partial charge is 0.281 e. The fourth-order valence-corrected chi connectivity index (χ4v) is 6.37. The van der Waals surface area contributed by atoms with Gasteiger partial charge < -0.3 is 82.9 Å². The second-order valence-corrected chi connectivity index (χ2v) is 12.4. The largest absolute Gasteiger partial charge is 0.394 e. The van der Waals surface area contributed by atoms with E-state index in [4.69, 9.17) is 41.9 Å². The van der Waals surface area contributed by atoms with Gasteiger partial charge in [0.05, 0.1) is 29.8 Å². The molecule has 48 heavy (non-hydrogen) atoms. The molecule has 3 fully saturated rings. The van der Waals surface area contributed by atoms with Crippen LogP contribution >= 0.6 is 11.3 Å². The number of hydrazone groups is 1. The highest BCUT2D eigenvalue weighted by Crippen LogP contribution is 2.38. The molecule has 15 atom stereocenters. The molecule has 3 aliphatic rings. The third-order valence-corrected chi connectivity index (χ3v) is 9.20. The van der Waals surface area contributed by atoms with Gasteiger partial charge in [-0.25, -0.2) is 15.4 Å². The Labute approximate surface area is 277 Å². The van der Waals surface area contributed by atoms with Gasteiger partial charge in [0.2, 0.25) is 0 Å². The molecule has 1 aliphatic carbocycles. The highest BCUT2D eigenvalue weighted by atomic mass is 32.1. The van der Waals surface area contributed by atoms with Crippen molar-refractivity contribution >= 4 is 35.4 Å². The minimum atomic E-state index is -2.26. The molecule has 2 saturated heterocycles. The standard InChI is InChI=1S/C26H43N9O12S/c1-8-26(43,7-32-35-21(42)10-4-3-5-48-10)20(47-22-13(31-2)17(40)14(37)9(6-36)45-22)23(44-8)46-19-12(34-25(29)30)15(38)11(33-24(27)28)16(39)18(19)41/h3-5,7-9,11-20,22-23,31,36-41,43H,6H2,1-2H3,(H,35,42)(H4,27,28,33)(H4,29,30,34)/b32-7+. The van der Waals surface area contributed by atoms with Gasteiger partial charge in [-0.3, -0.25) is 4.79 Å². The van der Waals surface area contributed by atoms with E-state index >= 15 is 0 Å². The van der Waals surface area contributed by atoms with Gasteiger partial charge in [-0.05, 0) is 25.4 Å². The Morgan fingerprint density at radius 1 is 0.979 bits per heavy atom. The van der Waals surface area contributed by atoms with E-state index in [0.717, 1.165) is 17.6 Å². The number of nitrogens with one attached hydrogen (secondary N) is 2. The molecule has 15 unspecified atom stereocenters. The molecule has 22 heteroatoms. The van der Waals surface area contributed by atoms with Crippen LogP contribution in [-0.2, 0) is 18.9 Å². The second-order valence-electron chi connectivity index (χ2n) is 11.4. The number of guanidine groups is 2. The molecule has 0 bridgehead atoms. The van der Waals surface area contributed by atoms with Crippen LogP contribution in [0, 0.1) is 0 Å². The minimum absolute atomic E-state index is 0.326. The summed E-state index contributed by atoms with van der Waals surface area (Å²) in [4.78, 5) is 20.6. The lowest BCUT2D eigenvalue weighted by atomic mass is 9.81. The van der Waals surface area contributed by atoms with Crippen molar-refractivity contribution in [1.29, 1.82) is 0 Å². The van der Waals surface area contributed by atoms with Crippen molar-refractivity contribution in [3.05, 3.63) is 22.4 Å². The monoisotopic (exact) mass is 705 g/mol. The van der Waals surface area contributed by atoms with Gasteiger partial charge in [0, 0.05) is 0 Å². The van der Waals surface area contributed by atoms with Gasteiger partial charge in [0.15, 0.2) is 30.1 Å². The Kier molecular flexibility index (Phi) is 12.3. The number of aliphatic imine (C=N–C) groups is 2. The molecule has 21 nitrogen and oxygen atoms in total. The van der Waals surface area contributed by atoms with Crippen molar-refractivity contribution in [2.24, 2.45) is 38.0 Å². The summed E-state index contributed by atoms with van der Waals surface area (Å²) in [6, 6.07) is -0.927. The summed E-state index contributed by atoms with van der Waals surface area (Å²) in [6.07, 6.45) is -16.6. The van der Waals surface area contributed by atoms with Crippen molar-refractivity contribution in [3.8, 4) is 0 Å². The van der Waals surface area contributed by atoms with Gasteiger partial charge in [0.25, 0.3) is 5.91 Å². The molecule has 3 heterocycles. The zero-order valence-electron chi connectivity index (χ0n) is 25.8. The molecule has 1 saturated carbocycles. The highest BCUT2D eigenvalue weighted by molar-refractivity contribution is 7.12. The summed E-state index contributed by atoms with van der Waals surface area (Å²) in [6.45, 7) is 0.691. The Bertz CT molecular complexity index is 1320. The molecule has 0 radical (unpaired) electrons. The highest BCUT2D eigenvalue weighted by Gasteiger charge is 2.60. The quantitative estimate of drug-likeness (QED) is 0.0578. The molecule has 1 aromatic heterocycles. The van der Waals surface area contributed by atoms with Crippen LogP contribution in [0.3, 0.4) is 0 Å². The van der Waals surface area contributed by atoms with Crippen LogP contribution in [0.4, 0.5) is 0 Å². The molecule has 0 spiro atoms. The number of hydrogen-bond donors (Lipinski definition) is 13. The third-order valence-electron chi connectivity index (χ3n) is 8.33. The van der Waals surface area contributed by atoms with Crippen molar-refractivity contribution in [1.82, 2.24) is 10.7 Å². The number of aliphatic hydroxyl groups is 7. The molecule has 17 N–H and O–H groups in total. The fraction of sp³-hybridized carbons (Fsp3) is 0.692. The molecule has 1 amide bonds. The Hall–Kier alpha value is -3.10. The molecule has 4 rings (SSSR count). The number of carbonyl (C=O) groups excluding carboxylic acids is 1. The predicted octanol–water partition coefficient (Wildman–Crippen LogP) is -6.88. The predicted molar refractivity (Wildman–Crippen MR) is 167 cm³/mol. The Morgan fingerprint density at radius 3 is 2.23 bits per heavy atom. The molecule has 0 aromatic carbocycles. The number of likely N-dealkylation sites (N-methyl/N-ethyl adjacent to an activating group) is 1. The maximum Gasteiger partial charge on any atom is 0.281 e. The molecule has 2 aliphatic heterocycles. The number of nitrogens with two attached hydrogens (primary N) is 4. The van der Waals surface area contributed by atoms with Gasteiger partial charge in [0.1, 0.15) is 60.9 Å². The van der Waals surface area contributed by atoms with Crippen LogP contribution in [0.5, 0.6) is 0 Å². The van der Waals surface area contributed by atoms with Gasteiger partial charge in [-0.2, -0.15) is 5.10 Å². The van der Waals surface area contributed by atoms with E-state index in [1.165, 1.54) is 14.0 Å². The Morgan fingerprint density at radius 2 is 1.65 bits per heavy atom. The van der Waals surface area contributed by atoms with E-state index < -0.39 is 116 Å². The SMILES string of the molecule is CNC1C(OC2C(OC3C(O)C(O)C(N=C(N)N)C(O)C3N=C(N)N)OC(C)C2(O)/C=N/NC(=O)c2cccs2)OC(CO)C(O)C1O. The second kappa shape index (κ2) is 15.6. The van der Waals surface area contributed by atoms with E-state index in [0.29, 0.717) is 4.88 Å². The topological polar surface area (TPSA) is 361 Å². The lowest BCUT2D eigenvalue weighted by molar-refractivity contribution is -0.313. The van der Waals surface area contributed by atoms with Crippen LogP contribution < -0.4 is 33.7 Å². The van der Waals surface area contributed by atoms with Crippen molar-refractivity contribution in [2.75, 3.05) is 13.7 Å². The van der Waals surface area contributed by atoms with E-state index in [2.05, 4.69) is 25.8 Å². The van der Waals surface area contributed by atoms with Crippen molar-refractivity contribution in [3.63, 3.8) is 0 Å². The lowest BCUT2D eigenvalue weighted by Crippen LogP contribution is -2.66. The summed E-state index contributed by atoms with van der Waals surface area (Å²) in [5.41, 5.74) is 22.1. The van der Waals surface area contributed by atoms with Crippen molar-refractivity contribution in [2.45, 2.75) is 98.2 Å². The summed E-state index contributed by atoms with van der Waals surface area (Å²) in [7, 11) is 1.43. The summed E-state index contributed by atoms with van der Waals surface area (Å²) < 4.78 is 23.8. The normalized spacial score (nSPS) is 41.6. The van der Waals surface area contributed by atoms with Crippen LogP contribution in [0.25, 0.3) is 0 Å². The summed E-state index contributed by atoms with van der Waals surface area (Å²) >= 11 is 1.15. The maximum absolute atomic E-state index is 12.5.